The fourth-order valence-corrected chi connectivity index (χ4v) is 1.62. The van der Waals surface area contributed by atoms with Crippen LogP contribution in [0.2, 0.25) is 0 Å². The van der Waals surface area contributed by atoms with Crippen LogP contribution in [0.5, 0.6) is 5.75 Å². The number of ether oxygens (including phenoxy) is 1. The van der Waals surface area contributed by atoms with Crippen molar-refractivity contribution < 1.29 is 9.13 Å². The zero-order valence-electron chi connectivity index (χ0n) is 9.29. The standard InChI is InChI=1S/C13H14FNO/c1-10-2-3-11(8-12(10)14)16-9-13(4-5-13)6-7-15/h2-3,8H,4-6,9H2,1H3. The second-order valence-corrected chi connectivity index (χ2v) is 4.53. The largest absolute Gasteiger partial charge is 0.493 e. The maximum Gasteiger partial charge on any atom is 0.129 e. The normalized spacial score (nSPS) is 16.6. The molecule has 84 valence electrons. The van der Waals surface area contributed by atoms with E-state index in [0.29, 0.717) is 24.3 Å². The van der Waals surface area contributed by atoms with Gasteiger partial charge in [-0.05, 0) is 31.4 Å². The highest BCUT2D eigenvalue weighted by Crippen LogP contribution is 2.48. The Balaban J connectivity index is 1.95. The maximum atomic E-state index is 13.2. The summed E-state index contributed by atoms with van der Waals surface area (Å²) in [5.74, 6) is 0.301. The third-order valence-electron chi connectivity index (χ3n) is 3.10. The minimum atomic E-state index is -0.248. The molecule has 2 nitrogen and oxygen atoms in total. The van der Waals surface area contributed by atoms with E-state index in [0.717, 1.165) is 12.8 Å². The molecule has 16 heavy (non-hydrogen) atoms. The molecule has 0 aliphatic heterocycles. The van der Waals surface area contributed by atoms with Gasteiger partial charge >= 0.3 is 0 Å². The van der Waals surface area contributed by atoms with Crippen LogP contribution in [0.3, 0.4) is 0 Å². The zero-order chi connectivity index (χ0) is 11.6. The van der Waals surface area contributed by atoms with Gasteiger partial charge in [0.15, 0.2) is 0 Å². The molecule has 0 saturated heterocycles. The molecule has 3 heteroatoms. The minimum absolute atomic E-state index is 0.0378. The van der Waals surface area contributed by atoms with Crippen molar-refractivity contribution in [3.05, 3.63) is 29.6 Å². The monoisotopic (exact) mass is 219 g/mol. The molecule has 0 unspecified atom stereocenters. The van der Waals surface area contributed by atoms with Crippen LogP contribution in [0.15, 0.2) is 18.2 Å². The summed E-state index contributed by atoms with van der Waals surface area (Å²) in [6.45, 7) is 2.24. The van der Waals surface area contributed by atoms with Gasteiger partial charge in [-0.2, -0.15) is 5.26 Å². The first-order valence-electron chi connectivity index (χ1n) is 5.41. The summed E-state index contributed by atoms with van der Waals surface area (Å²) in [6.07, 6.45) is 2.60. The minimum Gasteiger partial charge on any atom is -0.493 e. The highest BCUT2D eigenvalue weighted by Gasteiger charge is 2.43. The van der Waals surface area contributed by atoms with E-state index < -0.39 is 0 Å². The zero-order valence-corrected chi connectivity index (χ0v) is 9.29. The Labute approximate surface area is 94.7 Å². The van der Waals surface area contributed by atoms with Crippen molar-refractivity contribution in [1.29, 1.82) is 5.26 Å². The van der Waals surface area contributed by atoms with E-state index in [1.807, 2.05) is 0 Å². The van der Waals surface area contributed by atoms with E-state index >= 15 is 0 Å². The summed E-state index contributed by atoms with van der Waals surface area (Å²) in [7, 11) is 0. The van der Waals surface area contributed by atoms with Gasteiger partial charge in [0.1, 0.15) is 11.6 Å². The summed E-state index contributed by atoms with van der Waals surface area (Å²) in [4.78, 5) is 0. The Bertz CT molecular complexity index is 432. The van der Waals surface area contributed by atoms with Gasteiger partial charge in [-0.3, -0.25) is 0 Å². The summed E-state index contributed by atoms with van der Waals surface area (Å²) >= 11 is 0. The molecular formula is C13H14FNO. The van der Waals surface area contributed by atoms with E-state index in [2.05, 4.69) is 6.07 Å². The Hall–Kier alpha value is -1.56. The number of rotatable bonds is 4. The van der Waals surface area contributed by atoms with Crippen molar-refractivity contribution in [2.45, 2.75) is 26.2 Å². The maximum absolute atomic E-state index is 13.2. The van der Waals surface area contributed by atoms with Crippen molar-refractivity contribution >= 4 is 0 Å². The molecule has 0 radical (unpaired) electrons. The van der Waals surface area contributed by atoms with Crippen LogP contribution >= 0.6 is 0 Å². The van der Waals surface area contributed by atoms with E-state index in [1.165, 1.54) is 6.07 Å². The first-order chi connectivity index (χ1) is 7.65. The van der Waals surface area contributed by atoms with Crippen LogP contribution in [-0.2, 0) is 0 Å². The lowest BCUT2D eigenvalue weighted by Crippen LogP contribution is -2.12. The first kappa shape index (κ1) is 10.9. The van der Waals surface area contributed by atoms with Gasteiger partial charge < -0.3 is 4.74 Å². The molecule has 0 aromatic heterocycles. The Morgan fingerprint density at radius 2 is 2.25 bits per heavy atom. The molecule has 0 atom stereocenters. The highest BCUT2D eigenvalue weighted by molar-refractivity contribution is 5.28. The predicted molar refractivity (Wildman–Crippen MR) is 58.5 cm³/mol. The number of nitriles is 1. The van der Waals surface area contributed by atoms with E-state index in [9.17, 15) is 4.39 Å². The molecule has 1 saturated carbocycles. The molecule has 0 amide bonds. The Morgan fingerprint density at radius 1 is 1.50 bits per heavy atom. The van der Waals surface area contributed by atoms with Gasteiger partial charge in [-0.25, -0.2) is 4.39 Å². The molecule has 0 heterocycles. The van der Waals surface area contributed by atoms with Crippen molar-refractivity contribution in [2.24, 2.45) is 5.41 Å². The van der Waals surface area contributed by atoms with Gasteiger partial charge in [0.2, 0.25) is 0 Å². The summed E-state index contributed by atoms with van der Waals surface area (Å²) in [5.41, 5.74) is 0.654. The molecule has 1 aliphatic carbocycles. The lowest BCUT2D eigenvalue weighted by molar-refractivity contribution is 0.236. The Kier molecular flexibility index (Phi) is 2.82. The number of hydrogen-bond donors (Lipinski definition) is 0. The lowest BCUT2D eigenvalue weighted by Gasteiger charge is -2.13. The number of nitrogens with zero attached hydrogens (tertiary/aromatic N) is 1. The van der Waals surface area contributed by atoms with Gasteiger partial charge in [0.25, 0.3) is 0 Å². The van der Waals surface area contributed by atoms with Crippen LogP contribution in [0.4, 0.5) is 4.39 Å². The van der Waals surface area contributed by atoms with Crippen molar-refractivity contribution in [3.8, 4) is 11.8 Å². The molecule has 1 aromatic rings. The second kappa shape index (κ2) is 4.13. The molecule has 0 bridgehead atoms. The third kappa shape index (κ3) is 2.33. The molecular weight excluding hydrogens is 205 g/mol. The molecule has 0 N–H and O–H groups in total. The quantitative estimate of drug-likeness (QED) is 0.779. The fourth-order valence-electron chi connectivity index (χ4n) is 1.62. The average Bonchev–Trinajstić information content (AvgIpc) is 3.01. The number of benzene rings is 1. The molecule has 1 aliphatic rings. The van der Waals surface area contributed by atoms with E-state index in [4.69, 9.17) is 10.00 Å². The van der Waals surface area contributed by atoms with Gasteiger partial charge in [0.05, 0.1) is 12.7 Å². The van der Waals surface area contributed by atoms with Gasteiger partial charge in [-0.15, -0.1) is 0 Å². The second-order valence-electron chi connectivity index (χ2n) is 4.53. The van der Waals surface area contributed by atoms with Crippen LogP contribution in [0.1, 0.15) is 24.8 Å². The summed E-state index contributed by atoms with van der Waals surface area (Å²) < 4.78 is 18.8. The van der Waals surface area contributed by atoms with Crippen LogP contribution in [0, 0.1) is 29.5 Å². The topological polar surface area (TPSA) is 33.0 Å². The van der Waals surface area contributed by atoms with Crippen molar-refractivity contribution in [2.75, 3.05) is 6.61 Å². The molecule has 1 aromatic carbocycles. The number of aryl methyl sites for hydroxylation is 1. The van der Waals surface area contributed by atoms with Crippen LogP contribution in [0.25, 0.3) is 0 Å². The van der Waals surface area contributed by atoms with Gasteiger partial charge in [0, 0.05) is 17.9 Å². The van der Waals surface area contributed by atoms with E-state index in [-0.39, 0.29) is 11.2 Å². The van der Waals surface area contributed by atoms with Crippen molar-refractivity contribution in [1.82, 2.24) is 0 Å². The van der Waals surface area contributed by atoms with E-state index in [1.54, 1.807) is 19.1 Å². The summed E-state index contributed by atoms with van der Waals surface area (Å²) in [5, 5.41) is 8.65. The first-order valence-corrected chi connectivity index (χ1v) is 5.41. The SMILES string of the molecule is Cc1ccc(OCC2(CC#N)CC2)cc1F. The Morgan fingerprint density at radius 3 is 2.81 bits per heavy atom. The van der Waals surface area contributed by atoms with Crippen LogP contribution in [-0.4, -0.2) is 6.61 Å². The molecule has 0 spiro atoms. The molecule has 1 fully saturated rings. The smallest absolute Gasteiger partial charge is 0.129 e. The number of hydrogen-bond acceptors (Lipinski definition) is 2. The van der Waals surface area contributed by atoms with Crippen LogP contribution < -0.4 is 4.74 Å². The molecule has 2 rings (SSSR count). The fraction of sp³-hybridized carbons (Fsp3) is 0.462. The highest BCUT2D eigenvalue weighted by atomic mass is 19.1. The third-order valence-corrected chi connectivity index (χ3v) is 3.10. The predicted octanol–water partition coefficient (Wildman–Crippen LogP) is 3.21. The lowest BCUT2D eigenvalue weighted by atomic mass is 10.1. The number of halogens is 1. The summed E-state index contributed by atoms with van der Waals surface area (Å²) in [6, 6.07) is 7.04. The average molecular weight is 219 g/mol. The van der Waals surface area contributed by atoms with Gasteiger partial charge in [-0.1, -0.05) is 6.07 Å². The van der Waals surface area contributed by atoms with Crippen molar-refractivity contribution in [3.63, 3.8) is 0 Å².